The average Bonchev–Trinajstić information content (AvgIpc) is 2.91. The van der Waals surface area contributed by atoms with E-state index in [0.29, 0.717) is 11.5 Å². The lowest BCUT2D eigenvalue weighted by atomic mass is 10.2. The van der Waals surface area contributed by atoms with E-state index in [1.807, 2.05) is 0 Å². The van der Waals surface area contributed by atoms with Crippen LogP contribution in [0.15, 0.2) is 6.07 Å². The number of aromatic nitrogens is 4. The van der Waals surface area contributed by atoms with Crippen molar-refractivity contribution in [1.29, 1.82) is 0 Å². The molecular formula is C11H17N5O4S. The predicted molar refractivity (Wildman–Crippen MR) is 74.9 cm³/mol. The highest BCUT2D eigenvalue weighted by atomic mass is 32.2. The molecule has 0 saturated carbocycles. The predicted octanol–water partition coefficient (Wildman–Crippen LogP) is 0.0633. The molecule has 10 heteroatoms. The second-order valence-electron chi connectivity index (χ2n) is 4.55. The van der Waals surface area contributed by atoms with Gasteiger partial charge in [-0.25, -0.2) is 22.5 Å². The van der Waals surface area contributed by atoms with Gasteiger partial charge in [0.05, 0.1) is 12.3 Å². The molecule has 1 N–H and O–H groups in total. The third kappa shape index (κ3) is 3.22. The summed E-state index contributed by atoms with van der Waals surface area (Å²) in [5.74, 6) is 0.0737. The molecule has 0 radical (unpaired) electrons. The van der Waals surface area contributed by atoms with E-state index < -0.39 is 17.0 Å². The topological polar surface area (TPSA) is 108 Å². The van der Waals surface area contributed by atoms with Crippen molar-refractivity contribution in [3.63, 3.8) is 0 Å². The maximum atomic E-state index is 12.1. The van der Waals surface area contributed by atoms with E-state index in [9.17, 15) is 13.2 Å². The normalized spacial score (nSPS) is 13.0. The minimum atomic E-state index is -2.70. The summed E-state index contributed by atoms with van der Waals surface area (Å²) in [6.45, 7) is 5.62. The largest absolute Gasteiger partial charge is 0.449 e. The van der Waals surface area contributed by atoms with E-state index in [1.54, 1.807) is 26.8 Å². The molecule has 0 aliphatic carbocycles. The third-order valence-corrected chi connectivity index (χ3v) is 3.31. The van der Waals surface area contributed by atoms with Crippen LogP contribution in [0.25, 0.3) is 5.65 Å². The van der Waals surface area contributed by atoms with Gasteiger partial charge < -0.3 is 4.74 Å². The Balaban J connectivity index is 2.43. The summed E-state index contributed by atoms with van der Waals surface area (Å²) in [7, 11) is -2.70. The summed E-state index contributed by atoms with van der Waals surface area (Å²) >= 11 is 0. The molecule has 1 atom stereocenters. The van der Waals surface area contributed by atoms with Gasteiger partial charge in [0.2, 0.25) is 10.9 Å². The first-order valence-corrected chi connectivity index (χ1v) is 7.62. The Morgan fingerprint density at radius 2 is 2.19 bits per heavy atom. The van der Waals surface area contributed by atoms with Crippen LogP contribution in [-0.4, -0.2) is 47.1 Å². The van der Waals surface area contributed by atoms with E-state index in [-0.39, 0.29) is 19.1 Å². The first-order chi connectivity index (χ1) is 9.93. The van der Waals surface area contributed by atoms with Crippen molar-refractivity contribution in [1.82, 2.24) is 24.1 Å². The van der Waals surface area contributed by atoms with Crippen molar-refractivity contribution < 1.29 is 17.9 Å². The van der Waals surface area contributed by atoms with E-state index in [1.165, 1.54) is 9.20 Å². The van der Waals surface area contributed by atoms with Gasteiger partial charge in [-0.3, -0.25) is 0 Å². The van der Waals surface area contributed by atoms with Crippen LogP contribution < -0.4 is 4.72 Å². The average molecular weight is 315 g/mol. The number of hydrogen-bond acceptors (Lipinski definition) is 6. The Hall–Kier alpha value is -1.94. The molecule has 2 rings (SSSR count). The Bertz CT molecular complexity index is 724. The number of nitrogens with one attached hydrogen (secondary N) is 1. The molecule has 0 aliphatic heterocycles. The molecule has 2 aromatic rings. The molecule has 9 nitrogen and oxygen atoms in total. The van der Waals surface area contributed by atoms with Crippen LogP contribution in [-0.2, 0) is 15.6 Å². The molecule has 0 bridgehead atoms. The molecule has 2 heterocycles. The quantitative estimate of drug-likeness (QED) is 0.756. The van der Waals surface area contributed by atoms with Crippen molar-refractivity contribution in [3.8, 4) is 0 Å². The minimum Gasteiger partial charge on any atom is -0.449 e. The molecule has 0 aromatic carbocycles. The Kier molecular flexibility index (Phi) is 4.58. The number of rotatable bonds is 5. The molecule has 0 saturated heterocycles. The maximum absolute atomic E-state index is 12.1. The van der Waals surface area contributed by atoms with E-state index in [4.69, 9.17) is 4.74 Å². The van der Waals surface area contributed by atoms with Crippen LogP contribution in [0.3, 0.4) is 0 Å². The van der Waals surface area contributed by atoms with Crippen LogP contribution >= 0.6 is 0 Å². The molecule has 0 spiro atoms. The summed E-state index contributed by atoms with van der Waals surface area (Å²) < 4.78 is 31.2. The van der Waals surface area contributed by atoms with Crippen molar-refractivity contribution in [2.24, 2.45) is 0 Å². The molecule has 1 unspecified atom stereocenters. The number of fused-ring (bicyclic) bond motifs is 1. The van der Waals surface area contributed by atoms with E-state index >= 15 is 0 Å². The standard InChI is InChI=1S/C11H17N5O4S/c1-4-20-11(17)15-9-5-8(3)13-16(9)14-10(15)7(2)6-12-21(18)19/h5,7,21H,4,6H2,1-3H3,(H,12,18,19). The number of thiol groups is 1. The van der Waals surface area contributed by atoms with Gasteiger partial charge in [0.1, 0.15) is 5.82 Å². The smallest absolute Gasteiger partial charge is 0.421 e. The first-order valence-electron chi connectivity index (χ1n) is 6.44. The Labute approximate surface area is 123 Å². The second-order valence-corrected chi connectivity index (χ2v) is 5.38. The molecular weight excluding hydrogens is 298 g/mol. The molecule has 2 aromatic heterocycles. The van der Waals surface area contributed by atoms with E-state index in [2.05, 4.69) is 14.9 Å². The number of ether oxygens (including phenoxy) is 1. The zero-order valence-electron chi connectivity index (χ0n) is 11.9. The van der Waals surface area contributed by atoms with Crippen LogP contribution in [0.2, 0.25) is 0 Å². The van der Waals surface area contributed by atoms with Crippen LogP contribution in [0, 0.1) is 6.92 Å². The Morgan fingerprint density at radius 3 is 2.81 bits per heavy atom. The SMILES string of the molecule is CCOC(=O)n1c(C(C)CN[SH](=O)=O)nn2nc(C)cc12. The summed E-state index contributed by atoms with van der Waals surface area (Å²) in [6.07, 6.45) is -0.562. The zero-order chi connectivity index (χ0) is 15.6. The lowest BCUT2D eigenvalue weighted by Crippen LogP contribution is -2.24. The van der Waals surface area contributed by atoms with Crippen molar-refractivity contribution in [2.45, 2.75) is 26.7 Å². The van der Waals surface area contributed by atoms with Gasteiger partial charge in [-0.2, -0.15) is 5.10 Å². The van der Waals surface area contributed by atoms with E-state index in [0.717, 1.165) is 5.69 Å². The van der Waals surface area contributed by atoms with Crippen molar-refractivity contribution in [3.05, 3.63) is 17.6 Å². The van der Waals surface area contributed by atoms with Crippen LogP contribution in [0.1, 0.15) is 31.3 Å². The molecule has 0 amide bonds. The number of hydrogen-bond donors (Lipinski definition) is 2. The zero-order valence-corrected chi connectivity index (χ0v) is 12.8. The fraction of sp³-hybridized carbons (Fsp3) is 0.545. The van der Waals surface area contributed by atoms with Gasteiger partial charge >= 0.3 is 6.09 Å². The van der Waals surface area contributed by atoms with Crippen LogP contribution in [0.5, 0.6) is 0 Å². The fourth-order valence-corrected chi connectivity index (χ4v) is 2.38. The molecule has 0 aliphatic rings. The minimum absolute atomic E-state index is 0.136. The summed E-state index contributed by atoms with van der Waals surface area (Å²) in [5.41, 5.74) is 1.20. The number of nitrogens with zero attached hydrogens (tertiary/aromatic N) is 4. The van der Waals surface area contributed by atoms with Crippen LogP contribution in [0.4, 0.5) is 4.79 Å². The summed E-state index contributed by atoms with van der Waals surface area (Å²) in [4.78, 5) is 12.1. The molecule has 116 valence electrons. The van der Waals surface area contributed by atoms with Gasteiger partial charge in [0, 0.05) is 18.5 Å². The van der Waals surface area contributed by atoms with Gasteiger partial charge in [0.15, 0.2) is 5.65 Å². The van der Waals surface area contributed by atoms with Crippen molar-refractivity contribution in [2.75, 3.05) is 13.2 Å². The molecule has 21 heavy (non-hydrogen) atoms. The monoisotopic (exact) mass is 315 g/mol. The first kappa shape index (κ1) is 15.4. The fourth-order valence-electron chi connectivity index (χ4n) is 1.96. The number of carbonyl (C=O) groups excluding carboxylic acids is 1. The van der Waals surface area contributed by atoms with Gasteiger partial charge in [0.25, 0.3) is 0 Å². The third-order valence-electron chi connectivity index (χ3n) is 2.87. The number of aryl methyl sites for hydroxylation is 1. The lowest BCUT2D eigenvalue weighted by molar-refractivity contribution is 0.154. The Morgan fingerprint density at radius 1 is 1.48 bits per heavy atom. The lowest BCUT2D eigenvalue weighted by Gasteiger charge is -2.11. The highest BCUT2D eigenvalue weighted by Gasteiger charge is 2.23. The van der Waals surface area contributed by atoms with Crippen molar-refractivity contribution >= 4 is 22.6 Å². The maximum Gasteiger partial charge on any atom is 0.421 e. The highest BCUT2D eigenvalue weighted by Crippen LogP contribution is 2.17. The van der Waals surface area contributed by atoms with Gasteiger partial charge in [-0.1, -0.05) is 6.92 Å². The summed E-state index contributed by atoms with van der Waals surface area (Å²) in [6, 6.07) is 1.71. The summed E-state index contributed by atoms with van der Waals surface area (Å²) in [5, 5.41) is 8.40. The van der Waals surface area contributed by atoms with Gasteiger partial charge in [-0.15, -0.1) is 9.73 Å². The second kappa shape index (κ2) is 6.22. The van der Waals surface area contributed by atoms with Gasteiger partial charge in [-0.05, 0) is 13.8 Å². The number of carbonyl (C=O) groups is 1. The molecule has 0 fully saturated rings. The highest BCUT2D eigenvalue weighted by molar-refractivity contribution is 7.70.